The summed E-state index contributed by atoms with van der Waals surface area (Å²) >= 11 is -1.94. The smallest absolute Gasteiger partial charge is 0.0588 e. The van der Waals surface area contributed by atoms with E-state index in [4.69, 9.17) is 0 Å². The Balaban J connectivity index is 3.04. The zero-order valence-electron chi connectivity index (χ0n) is 8.54. The van der Waals surface area contributed by atoms with Crippen molar-refractivity contribution in [2.45, 2.75) is 39.5 Å². The number of hydrogen-bond acceptors (Lipinski definition) is 3. The molecule has 0 bridgehead atoms. The quantitative estimate of drug-likeness (QED) is 0.485. The van der Waals surface area contributed by atoms with E-state index in [1.807, 2.05) is 0 Å². The van der Waals surface area contributed by atoms with E-state index in [1.54, 1.807) is 0 Å². The molecule has 3 nitrogen and oxygen atoms in total. The second-order valence-corrected chi connectivity index (χ2v) is 4.35. The van der Waals surface area contributed by atoms with Crippen molar-refractivity contribution in [3.63, 3.8) is 0 Å². The van der Waals surface area contributed by atoms with Crippen molar-refractivity contribution in [3.05, 3.63) is 0 Å². The maximum Gasteiger partial charge on any atom is 0.0588 e. The summed E-state index contributed by atoms with van der Waals surface area (Å²) < 4.78 is 20.2. The summed E-state index contributed by atoms with van der Waals surface area (Å²) in [7, 11) is 0. The molecule has 0 aromatic heterocycles. The fraction of sp³-hybridized carbons (Fsp3) is 1.00. The molecular formula is C9H20NO2S-. The molecule has 0 aromatic carbocycles. The Labute approximate surface area is 83.6 Å². The molecule has 13 heavy (non-hydrogen) atoms. The van der Waals surface area contributed by atoms with Crippen molar-refractivity contribution in [3.8, 4) is 0 Å². The molecule has 0 radical (unpaired) electrons. The van der Waals surface area contributed by atoms with Crippen molar-refractivity contribution in [2.24, 2.45) is 5.92 Å². The van der Waals surface area contributed by atoms with Crippen molar-refractivity contribution >= 4 is 11.1 Å². The Morgan fingerprint density at radius 1 is 1.46 bits per heavy atom. The first-order chi connectivity index (χ1) is 6.16. The summed E-state index contributed by atoms with van der Waals surface area (Å²) in [5.74, 6) is 0.886. The number of unbranched alkanes of at least 4 members (excludes halogenated alkanes) is 1. The maximum atomic E-state index is 10.1. The molecule has 0 aliphatic heterocycles. The molecule has 0 saturated carbocycles. The van der Waals surface area contributed by atoms with Gasteiger partial charge in [-0.15, -0.1) is 0 Å². The topological polar surface area (TPSA) is 52.2 Å². The third kappa shape index (κ3) is 9.99. The van der Waals surface area contributed by atoms with Gasteiger partial charge in [0.2, 0.25) is 0 Å². The van der Waals surface area contributed by atoms with Gasteiger partial charge in [0, 0.05) is 0 Å². The minimum atomic E-state index is -1.94. The lowest BCUT2D eigenvalue weighted by Gasteiger charge is -2.09. The van der Waals surface area contributed by atoms with Gasteiger partial charge < -0.3 is 9.87 Å². The first kappa shape index (κ1) is 13.1. The minimum absolute atomic E-state index is 0.0866. The van der Waals surface area contributed by atoms with Crippen LogP contribution in [0.25, 0.3) is 0 Å². The van der Waals surface area contributed by atoms with Crippen LogP contribution in [0.15, 0.2) is 0 Å². The van der Waals surface area contributed by atoms with E-state index in [0.717, 1.165) is 18.9 Å². The lowest BCUT2D eigenvalue weighted by molar-refractivity contribution is 0.477. The fourth-order valence-corrected chi connectivity index (χ4v) is 1.41. The lowest BCUT2D eigenvalue weighted by atomic mass is 10.0. The van der Waals surface area contributed by atoms with Gasteiger partial charge in [-0.25, -0.2) is 0 Å². The van der Waals surface area contributed by atoms with Crippen LogP contribution in [0.2, 0.25) is 0 Å². The summed E-state index contributed by atoms with van der Waals surface area (Å²) in [5, 5.41) is 2.86. The standard InChI is InChI=1S/C9H21NO2S/c1-3-9(2)6-4-5-7-10-8-13(11)12/h9-10H,3-8H2,1-2H3,(H,11,12)/p-1. The predicted molar refractivity (Wildman–Crippen MR) is 55.1 cm³/mol. The zero-order valence-corrected chi connectivity index (χ0v) is 9.36. The molecule has 1 N–H and O–H groups in total. The minimum Gasteiger partial charge on any atom is -0.771 e. The van der Waals surface area contributed by atoms with Crippen LogP contribution in [0.1, 0.15) is 39.5 Å². The summed E-state index contributed by atoms with van der Waals surface area (Å²) in [6.45, 7) is 5.26. The van der Waals surface area contributed by atoms with Crippen molar-refractivity contribution in [2.75, 3.05) is 12.4 Å². The van der Waals surface area contributed by atoms with Gasteiger partial charge in [-0.2, -0.15) is 0 Å². The molecule has 0 aliphatic carbocycles. The van der Waals surface area contributed by atoms with Crippen LogP contribution < -0.4 is 5.32 Å². The molecular weight excluding hydrogens is 186 g/mol. The van der Waals surface area contributed by atoms with E-state index in [1.165, 1.54) is 19.3 Å². The van der Waals surface area contributed by atoms with Crippen LogP contribution in [0.3, 0.4) is 0 Å². The number of hydrogen-bond donors (Lipinski definition) is 1. The molecule has 0 aromatic rings. The monoisotopic (exact) mass is 206 g/mol. The number of nitrogens with one attached hydrogen (secondary N) is 1. The highest BCUT2D eigenvalue weighted by atomic mass is 32.2. The van der Waals surface area contributed by atoms with Crippen molar-refractivity contribution in [1.29, 1.82) is 0 Å². The fourth-order valence-electron chi connectivity index (χ4n) is 1.10. The molecule has 0 fully saturated rings. The molecule has 0 rings (SSSR count). The van der Waals surface area contributed by atoms with E-state index in [0.29, 0.717) is 0 Å². The van der Waals surface area contributed by atoms with Gasteiger partial charge in [0.1, 0.15) is 0 Å². The molecule has 0 spiro atoms. The third-order valence-corrected chi connectivity index (χ3v) is 2.66. The average molecular weight is 206 g/mol. The van der Waals surface area contributed by atoms with Crippen LogP contribution in [0.4, 0.5) is 0 Å². The van der Waals surface area contributed by atoms with E-state index < -0.39 is 11.1 Å². The van der Waals surface area contributed by atoms with Gasteiger partial charge in [0.05, 0.1) is 5.88 Å². The highest BCUT2D eigenvalue weighted by Gasteiger charge is 1.97. The second kappa shape index (κ2) is 8.66. The Bertz CT molecular complexity index is 142. The molecule has 80 valence electrons. The molecule has 0 heterocycles. The van der Waals surface area contributed by atoms with E-state index in [9.17, 15) is 8.76 Å². The molecule has 2 unspecified atom stereocenters. The van der Waals surface area contributed by atoms with Gasteiger partial charge in [0.25, 0.3) is 0 Å². The summed E-state index contributed by atoms with van der Waals surface area (Å²) in [4.78, 5) is 0. The van der Waals surface area contributed by atoms with Crippen LogP contribution in [-0.4, -0.2) is 21.2 Å². The number of rotatable bonds is 8. The van der Waals surface area contributed by atoms with Crippen molar-refractivity contribution < 1.29 is 8.76 Å². The zero-order chi connectivity index (χ0) is 10.1. The Kier molecular flexibility index (Phi) is 8.71. The molecule has 0 amide bonds. The van der Waals surface area contributed by atoms with E-state index in [-0.39, 0.29) is 5.88 Å². The second-order valence-electron chi connectivity index (χ2n) is 3.46. The van der Waals surface area contributed by atoms with Crippen molar-refractivity contribution in [1.82, 2.24) is 5.32 Å². The van der Waals surface area contributed by atoms with Gasteiger partial charge in [-0.1, -0.05) is 33.1 Å². The Hall–Kier alpha value is 0.0700. The highest BCUT2D eigenvalue weighted by molar-refractivity contribution is 7.79. The Morgan fingerprint density at radius 2 is 2.15 bits per heavy atom. The average Bonchev–Trinajstić information content (AvgIpc) is 2.10. The maximum absolute atomic E-state index is 10.1. The Morgan fingerprint density at radius 3 is 2.69 bits per heavy atom. The molecule has 0 saturated heterocycles. The third-order valence-electron chi connectivity index (χ3n) is 2.22. The summed E-state index contributed by atoms with van der Waals surface area (Å²) in [6, 6.07) is 0. The summed E-state index contributed by atoms with van der Waals surface area (Å²) in [6.07, 6.45) is 4.74. The summed E-state index contributed by atoms with van der Waals surface area (Å²) in [5.41, 5.74) is 0. The van der Waals surface area contributed by atoms with Gasteiger partial charge in [0.15, 0.2) is 0 Å². The first-order valence-electron chi connectivity index (χ1n) is 4.93. The van der Waals surface area contributed by atoms with Crippen LogP contribution in [0.5, 0.6) is 0 Å². The highest BCUT2D eigenvalue weighted by Crippen LogP contribution is 2.10. The molecule has 4 heteroatoms. The van der Waals surface area contributed by atoms with Crippen LogP contribution in [0, 0.1) is 5.92 Å². The SMILES string of the molecule is CCC(C)CCCCNCS(=O)[O-]. The molecule has 2 atom stereocenters. The van der Waals surface area contributed by atoms with E-state index >= 15 is 0 Å². The normalized spacial score (nSPS) is 15.6. The van der Waals surface area contributed by atoms with Gasteiger partial charge in [-0.05, 0) is 30.0 Å². The van der Waals surface area contributed by atoms with Crippen LogP contribution >= 0.6 is 0 Å². The first-order valence-corrected chi connectivity index (χ1v) is 6.17. The largest absolute Gasteiger partial charge is 0.771 e. The lowest BCUT2D eigenvalue weighted by Crippen LogP contribution is -2.20. The van der Waals surface area contributed by atoms with Crippen LogP contribution in [-0.2, 0) is 11.1 Å². The van der Waals surface area contributed by atoms with Gasteiger partial charge in [-0.3, -0.25) is 4.21 Å². The predicted octanol–water partition coefficient (Wildman–Crippen LogP) is 1.63. The molecule has 0 aliphatic rings. The van der Waals surface area contributed by atoms with Gasteiger partial charge >= 0.3 is 0 Å². The van der Waals surface area contributed by atoms with E-state index in [2.05, 4.69) is 19.2 Å².